The molecular weight excluding hydrogens is 314 g/mol. The van der Waals surface area contributed by atoms with Crippen LogP contribution in [0.3, 0.4) is 0 Å². The molecule has 2 aliphatic heterocycles. The lowest BCUT2D eigenvalue weighted by Crippen LogP contribution is -2.44. The molecule has 2 saturated heterocycles. The monoisotopic (exact) mass is 337 g/mol. The molecule has 24 heavy (non-hydrogen) atoms. The van der Waals surface area contributed by atoms with Crippen LogP contribution in [-0.4, -0.2) is 64.7 Å². The van der Waals surface area contributed by atoms with E-state index in [-0.39, 0.29) is 16.9 Å². The van der Waals surface area contributed by atoms with Crippen LogP contribution in [0.5, 0.6) is 0 Å². The van der Waals surface area contributed by atoms with Gasteiger partial charge in [0.1, 0.15) is 11.8 Å². The van der Waals surface area contributed by atoms with E-state index < -0.39 is 12.0 Å². The Balaban J connectivity index is 1.50. The van der Waals surface area contributed by atoms with Crippen molar-refractivity contribution < 1.29 is 19.2 Å². The first-order valence-electron chi connectivity index (χ1n) is 8.27. The summed E-state index contributed by atoms with van der Waals surface area (Å²) in [4.78, 5) is 38.3. The highest BCUT2D eigenvalue weighted by Crippen LogP contribution is 2.42. The number of aryl methyl sites for hydroxylation is 1. The van der Waals surface area contributed by atoms with Crippen molar-refractivity contribution in [1.82, 2.24) is 15.0 Å². The SMILES string of the molecule is CN1CC2(CCN(C(=O)CCc3cc(=O)[nH]o3)CC2)CC1C(=O)O. The molecule has 1 spiro atoms. The fourth-order valence-corrected chi connectivity index (χ4v) is 3.97. The molecule has 1 atom stereocenters. The highest BCUT2D eigenvalue weighted by molar-refractivity contribution is 5.76. The van der Waals surface area contributed by atoms with Gasteiger partial charge >= 0.3 is 5.97 Å². The second-order valence-corrected chi connectivity index (χ2v) is 7.03. The topological polar surface area (TPSA) is 107 Å². The van der Waals surface area contributed by atoms with Crippen LogP contribution in [0.2, 0.25) is 0 Å². The Labute approximate surface area is 139 Å². The van der Waals surface area contributed by atoms with E-state index >= 15 is 0 Å². The van der Waals surface area contributed by atoms with Crippen molar-refractivity contribution in [3.05, 3.63) is 22.2 Å². The average molecular weight is 337 g/mol. The minimum absolute atomic E-state index is 0.0159. The zero-order valence-electron chi connectivity index (χ0n) is 13.8. The predicted molar refractivity (Wildman–Crippen MR) is 84.6 cm³/mol. The van der Waals surface area contributed by atoms with Crippen LogP contribution >= 0.6 is 0 Å². The van der Waals surface area contributed by atoms with E-state index in [2.05, 4.69) is 5.16 Å². The molecule has 2 fully saturated rings. The number of carbonyl (C=O) groups excluding carboxylic acids is 1. The Morgan fingerprint density at radius 1 is 1.42 bits per heavy atom. The number of hydrogen-bond donors (Lipinski definition) is 2. The number of carbonyl (C=O) groups is 2. The number of H-pyrrole nitrogens is 1. The standard InChI is InChI=1S/C16H23N3O5/c1-18-10-16(9-12(18)15(22)23)4-6-19(7-5-16)14(21)3-2-11-8-13(20)17-24-11/h8,12H,2-7,9-10H2,1H3,(H,17,20)(H,22,23). The van der Waals surface area contributed by atoms with Gasteiger partial charge in [-0.05, 0) is 31.7 Å². The summed E-state index contributed by atoms with van der Waals surface area (Å²) in [5, 5.41) is 11.5. The molecule has 1 amide bonds. The Hall–Kier alpha value is -2.09. The molecule has 0 aromatic carbocycles. The molecule has 132 valence electrons. The Morgan fingerprint density at radius 2 is 2.12 bits per heavy atom. The number of nitrogens with zero attached hydrogens (tertiary/aromatic N) is 2. The van der Waals surface area contributed by atoms with Crippen LogP contribution in [0.15, 0.2) is 15.4 Å². The van der Waals surface area contributed by atoms with Gasteiger partial charge in [-0.1, -0.05) is 0 Å². The molecule has 3 rings (SSSR count). The predicted octanol–water partition coefficient (Wildman–Crippen LogP) is 0.298. The maximum atomic E-state index is 12.3. The van der Waals surface area contributed by atoms with Crippen molar-refractivity contribution in [2.75, 3.05) is 26.7 Å². The van der Waals surface area contributed by atoms with Gasteiger partial charge in [0.25, 0.3) is 5.56 Å². The summed E-state index contributed by atoms with van der Waals surface area (Å²) in [6, 6.07) is 0.947. The number of amides is 1. The number of carboxylic acid groups (broad SMARTS) is 1. The van der Waals surface area contributed by atoms with E-state index in [0.717, 1.165) is 19.4 Å². The van der Waals surface area contributed by atoms with Gasteiger partial charge in [0.05, 0.1) is 0 Å². The van der Waals surface area contributed by atoms with Crippen molar-refractivity contribution in [2.45, 2.75) is 38.1 Å². The molecule has 1 aromatic rings. The first-order chi connectivity index (χ1) is 11.4. The molecule has 0 aliphatic carbocycles. The summed E-state index contributed by atoms with van der Waals surface area (Å²) in [5.41, 5.74) is -0.280. The highest BCUT2D eigenvalue weighted by atomic mass is 16.5. The quantitative estimate of drug-likeness (QED) is 0.818. The van der Waals surface area contributed by atoms with Gasteiger partial charge < -0.3 is 14.5 Å². The fourth-order valence-electron chi connectivity index (χ4n) is 3.97. The average Bonchev–Trinajstić information content (AvgIpc) is 3.09. The van der Waals surface area contributed by atoms with Crippen molar-refractivity contribution in [2.24, 2.45) is 5.41 Å². The largest absolute Gasteiger partial charge is 0.480 e. The maximum Gasteiger partial charge on any atom is 0.320 e. The van der Waals surface area contributed by atoms with Gasteiger partial charge in [0.15, 0.2) is 0 Å². The normalized spacial score (nSPS) is 23.7. The summed E-state index contributed by atoms with van der Waals surface area (Å²) in [6.07, 6.45) is 3.06. The van der Waals surface area contributed by atoms with Crippen LogP contribution < -0.4 is 5.56 Å². The lowest BCUT2D eigenvalue weighted by molar-refractivity contribution is -0.142. The molecule has 0 radical (unpaired) electrons. The minimum atomic E-state index is -0.763. The van der Waals surface area contributed by atoms with Crippen LogP contribution in [-0.2, 0) is 16.0 Å². The lowest BCUT2D eigenvalue weighted by atomic mass is 9.76. The minimum Gasteiger partial charge on any atom is -0.480 e. The van der Waals surface area contributed by atoms with Crippen molar-refractivity contribution in [3.63, 3.8) is 0 Å². The van der Waals surface area contributed by atoms with Crippen LogP contribution in [0.1, 0.15) is 31.4 Å². The third-order valence-electron chi connectivity index (χ3n) is 5.37. The summed E-state index contributed by atoms with van der Waals surface area (Å²) in [5.74, 6) is -0.223. The molecule has 8 heteroatoms. The number of carboxylic acids is 1. The zero-order valence-corrected chi connectivity index (χ0v) is 13.8. The maximum absolute atomic E-state index is 12.3. The smallest absolute Gasteiger partial charge is 0.320 e. The third kappa shape index (κ3) is 3.38. The first-order valence-corrected chi connectivity index (χ1v) is 8.27. The van der Waals surface area contributed by atoms with Gasteiger partial charge in [-0.15, -0.1) is 0 Å². The van der Waals surface area contributed by atoms with Gasteiger partial charge in [-0.3, -0.25) is 19.3 Å². The lowest BCUT2D eigenvalue weighted by Gasteiger charge is -2.39. The number of likely N-dealkylation sites (tertiary alicyclic amines) is 2. The Morgan fingerprint density at radius 3 is 2.67 bits per heavy atom. The van der Waals surface area contributed by atoms with Crippen molar-refractivity contribution in [1.29, 1.82) is 0 Å². The van der Waals surface area contributed by atoms with E-state index in [1.165, 1.54) is 6.07 Å². The van der Waals surface area contributed by atoms with E-state index in [4.69, 9.17) is 4.52 Å². The zero-order chi connectivity index (χ0) is 17.3. The van der Waals surface area contributed by atoms with Crippen LogP contribution in [0.25, 0.3) is 0 Å². The number of nitrogens with one attached hydrogen (secondary N) is 1. The first kappa shape index (κ1) is 16.8. The summed E-state index contributed by atoms with van der Waals surface area (Å²) in [6.45, 7) is 2.10. The van der Waals surface area contributed by atoms with Crippen molar-refractivity contribution >= 4 is 11.9 Å². The van der Waals surface area contributed by atoms with E-state index in [1.807, 2.05) is 16.8 Å². The van der Waals surface area contributed by atoms with Crippen LogP contribution in [0.4, 0.5) is 0 Å². The summed E-state index contributed by atoms with van der Waals surface area (Å²) in [7, 11) is 1.86. The van der Waals surface area contributed by atoms with E-state index in [0.29, 0.717) is 38.1 Å². The molecule has 0 saturated carbocycles. The molecular formula is C16H23N3O5. The van der Waals surface area contributed by atoms with Gasteiger partial charge in [0.2, 0.25) is 5.91 Å². The number of likely N-dealkylation sites (N-methyl/N-ethyl adjacent to an activating group) is 1. The number of aromatic nitrogens is 1. The Kier molecular flexibility index (Phi) is 4.49. The molecule has 8 nitrogen and oxygen atoms in total. The number of aromatic amines is 1. The molecule has 0 bridgehead atoms. The van der Waals surface area contributed by atoms with Gasteiger partial charge in [-0.25, -0.2) is 0 Å². The van der Waals surface area contributed by atoms with Crippen molar-refractivity contribution in [3.8, 4) is 0 Å². The fraction of sp³-hybridized carbons (Fsp3) is 0.688. The van der Waals surface area contributed by atoms with Gasteiger partial charge in [-0.2, -0.15) is 5.16 Å². The molecule has 2 N–H and O–H groups in total. The number of piperidine rings is 1. The van der Waals surface area contributed by atoms with E-state index in [9.17, 15) is 19.5 Å². The second-order valence-electron chi connectivity index (χ2n) is 7.03. The Bertz CT molecular complexity index is 671. The number of hydrogen-bond acceptors (Lipinski definition) is 5. The number of rotatable bonds is 4. The number of aliphatic carboxylic acids is 1. The van der Waals surface area contributed by atoms with Crippen LogP contribution in [0, 0.1) is 5.41 Å². The molecule has 2 aliphatic rings. The summed E-state index contributed by atoms with van der Waals surface area (Å²) < 4.78 is 4.95. The summed E-state index contributed by atoms with van der Waals surface area (Å²) >= 11 is 0. The van der Waals surface area contributed by atoms with E-state index in [1.54, 1.807) is 0 Å². The molecule has 1 unspecified atom stereocenters. The van der Waals surface area contributed by atoms with Gasteiger partial charge in [0, 0.05) is 38.5 Å². The molecule has 1 aromatic heterocycles. The molecule has 3 heterocycles. The third-order valence-corrected chi connectivity index (χ3v) is 5.37. The second kappa shape index (κ2) is 6.43. The highest BCUT2D eigenvalue weighted by Gasteiger charge is 2.47.